The maximum atomic E-state index is 13.1. The lowest BCUT2D eigenvalue weighted by Crippen LogP contribution is -2.57. The largest absolute Gasteiger partial charge is 0.496 e. The number of unbranched alkanes of at least 4 members (excludes halogenated alkanes) is 2. The first-order valence-electron chi connectivity index (χ1n) is 18.5. The number of amides is 3. The molecule has 2 unspecified atom stereocenters. The minimum atomic E-state index is -3.52. The normalized spacial score (nSPS) is 18.9. The van der Waals surface area contributed by atoms with E-state index < -0.39 is 45.3 Å². The van der Waals surface area contributed by atoms with Gasteiger partial charge in [0.1, 0.15) is 22.8 Å². The van der Waals surface area contributed by atoms with Gasteiger partial charge in [-0.15, -0.1) is 0 Å². The van der Waals surface area contributed by atoms with Crippen molar-refractivity contribution >= 4 is 44.2 Å². The number of pyridine rings is 2. The Labute approximate surface area is 323 Å². The van der Waals surface area contributed by atoms with Crippen LogP contribution in [-0.2, 0) is 33.2 Å². The fourth-order valence-electron chi connectivity index (χ4n) is 7.64. The van der Waals surface area contributed by atoms with Crippen molar-refractivity contribution in [1.29, 1.82) is 0 Å². The zero-order chi connectivity index (χ0) is 39.7. The Kier molecular flexibility index (Phi) is 11.1. The number of aliphatic hydroxyl groups excluding tert-OH is 1. The molecule has 2 atom stereocenters. The second-order valence-corrected chi connectivity index (χ2v) is 16.4. The Bertz CT molecular complexity index is 2340. The van der Waals surface area contributed by atoms with Crippen molar-refractivity contribution in [3.8, 4) is 22.6 Å². The van der Waals surface area contributed by atoms with Crippen LogP contribution in [0.3, 0.4) is 0 Å². The number of benzene rings is 2. The van der Waals surface area contributed by atoms with E-state index in [0.717, 1.165) is 39.8 Å². The molecule has 5 heterocycles. The average Bonchev–Trinajstić information content (AvgIpc) is 3.41. The number of anilines is 1. The van der Waals surface area contributed by atoms with Gasteiger partial charge in [0.2, 0.25) is 21.8 Å². The van der Waals surface area contributed by atoms with Crippen LogP contribution in [0.25, 0.3) is 21.9 Å². The molecule has 3 amide bonds. The number of sulfonamides is 1. The number of hydrogen-bond donors (Lipinski definition) is 4. The van der Waals surface area contributed by atoms with Crippen molar-refractivity contribution in [2.75, 3.05) is 45.7 Å². The summed E-state index contributed by atoms with van der Waals surface area (Å²) in [5.41, 5.74) is 3.70. The van der Waals surface area contributed by atoms with Gasteiger partial charge in [-0.3, -0.25) is 39.3 Å². The van der Waals surface area contributed by atoms with E-state index in [1.807, 2.05) is 23.1 Å². The molecule has 3 aliphatic heterocycles. The van der Waals surface area contributed by atoms with Crippen LogP contribution in [0, 0.1) is 0 Å². The molecule has 0 bridgehead atoms. The first-order chi connectivity index (χ1) is 26.9. The van der Waals surface area contributed by atoms with Gasteiger partial charge in [0.15, 0.2) is 6.23 Å². The molecule has 2 saturated heterocycles. The summed E-state index contributed by atoms with van der Waals surface area (Å²) in [5.74, 6) is -0.260. The molecule has 0 aliphatic carbocycles. The van der Waals surface area contributed by atoms with Gasteiger partial charge in [0.05, 0.1) is 25.2 Å². The van der Waals surface area contributed by atoms with E-state index in [-0.39, 0.29) is 18.4 Å². The van der Waals surface area contributed by atoms with E-state index in [1.165, 1.54) is 4.57 Å². The highest BCUT2D eigenvalue weighted by atomic mass is 32.2. The van der Waals surface area contributed by atoms with Gasteiger partial charge < -0.3 is 24.5 Å². The molecule has 2 aromatic carbocycles. The molecule has 2 fully saturated rings. The second kappa shape index (κ2) is 16.0. The molecule has 0 saturated carbocycles. The molecule has 3 aliphatic rings. The van der Waals surface area contributed by atoms with Gasteiger partial charge in [-0.25, -0.2) is 13.1 Å². The summed E-state index contributed by atoms with van der Waals surface area (Å²) < 4.78 is 42.0. The highest BCUT2D eigenvalue weighted by molar-refractivity contribution is 7.90. The lowest BCUT2D eigenvalue weighted by atomic mass is 9.98. The summed E-state index contributed by atoms with van der Waals surface area (Å²) >= 11 is 0. The molecule has 17 heteroatoms. The number of ether oxygens (including phenoxy) is 2. The Balaban J connectivity index is 0.865. The number of aryl methyl sites for hydroxylation is 1. The smallest absolute Gasteiger partial charge is 0.259 e. The van der Waals surface area contributed by atoms with Crippen LogP contribution in [0.2, 0.25) is 0 Å². The van der Waals surface area contributed by atoms with Crippen molar-refractivity contribution in [2.24, 2.45) is 7.05 Å². The first kappa shape index (κ1) is 38.9. The van der Waals surface area contributed by atoms with Crippen LogP contribution in [0.1, 0.15) is 59.8 Å². The third-order valence-corrected chi connectivity index (χ3v) is 12.5. The SMILES string of the molecule is COc1cc(-c2cn(C)c(=O)c3cnccc23)cc(OC)c1CN1CC(S(=O)(=O)NCCCCCNc2ccc3c(c2)C(O)N(C2CCC(=O)NC2=O)C3=O)C1. The van der Waals surface area contributed by atoms with E-state index in [9.17, 15) is 32.7 Å². The Morgan fingerprint density at radius 3 is 2.39 bits per heavy atom. The van der Waals surface area contributed by atoms with E-state index in [0.29, 0.717) is 72.8 Å². The summed E-state index contributed by atoms with van der Waals surface area (Å²) in [5, 5.41) is 17.2. The molecule has 2 aromatic heterocycles. The molecule has 4 aromatic rings. The van der Waals surface area contributed by atoms with Gasteiger partial charge in [-0.1, -0.05) is 6.42 Å². The highest BCUT2D eigenvalue weighted by Crippen LogP contribution is 2.39. The number of nitrogens with one attached hydrogen (secondary N) is 3. The van der Waals surface area contributed by atoms with Crippen LogP contribution in [-0.4, -0.2) is 102 Å². The third kappa shape index (κ3) is 7.58. The quantitative estimate of drug-likeness (QED) is 0.101. The number of carbonyl (C=O) groups excluding carboxylic acids is 3. The number of hydrogen-bond acceptors (Lipinski definition) is 12. The fourth-order valence-corrected chi connectivity index (χ4v) is 9.12. The molecule has 296 valence electrons. The van der Waals surface area contributed by atoms with Crippen molar-refractivity contribution in [2.45, 2.75) is 56.2 Å². The van der Waals surface area contributed by atoms with E-state index in [4.69, 9.17) is 9.47 Å². The van der Waals surface area contributed by atoms with Crippen molar-refractivity contribution < 1.29 is 37.4 Å². The monoisotopic (exact) mass is 787 g/mol. The zero-order valence-corrected chi connectivity index (χ0v) is 32.2. The van der Waals surface area contributed by atoms with Gasteiger partial charge in [-0.05, 0) is 66.6 Å². The van der Waals surface area contributed by atoms with E-state index in [1.54, 1.807) is 58.1 Å². The first-order valence-corrected chi connectivity index (χ1v) is 20.1. The Hall–Kier alpha value is -5.36. The van der Waals surface area contributed by atoms with Crippen molar-refractivity contribution in [3.63, 3.8) is 0 Å². The standard InChI is InChI=1S/C39H45N7O9S/c1-44-21-30(26-11-14-40-18-29(26)37(44)49)23-15-33(54-2)31(34(16-23)55-3)22-45-19-25(20-45)56(52,53)42-13-6-4-5-12-41-24-7-8-27-28(17-24)39(51)46(38(27)50)32-9-10-35(47)43-36(32)48/h7-8,11,14-18,21,25,32,39,41-42,51H,4-6,9-10,12-13,19-20,22H2,1-3H3,(H,43,47,48). The summed E-state index contributed by atoms with van der Waals surface area (Å²) in [7, 11) is 1.33. The summed E-state index contributed by atoms with van der Waals surface area (Å²) in [6.45, 7) is 2.06. The number of rotatable bonds is 15. The average molecular weight is 788 g/mol. The van der Waals surface area contributed by atoms with E-state index >= 15 is 0 Å². The molecule has 56 heavy (non-hydrogen) atoms. The van der Waals surface area contributed by atoms with Gasteiger partial charge in [0, 0.05) is 87.2 Å². The lowest BCUT2D eigenvalue weighted by molar-refractivity contribution is -0.139. The number of piperidine rings is 1. The van der Waals surface area contributed by atoms with Gasteiger partial charge in [-0.2, -0.15) is 0 Å². The fraction of sp³-hybridized carbons (Fsp3) is 0.410. The van der Waals surface area contributed by atoms with Crippen LogP contribution >= 0.6 is 0 Å². The molecule has 4 N–H and O–H groups in total. The summed E-state index contributed by atoms with van der Waals surface area (Å²) in [4.78, 5) is 56.9. The van der Waals surface area contributed by atoms with Crippen molar-refractivity contribution in [3.05, 3.63) is 82.0 Å². The lowest BCUT2D eigenvalue weighted by Gasteiger charge is -2.39. The highest BCUT2D eigenvalue weighted by Gasteiger charge is 2.44. The number of fused-ring (bicyclic) bond motifs is 2. The number of methoxy groups -OCH3 is 2. The molecular formula is C39H45N7O9S. The number of carbonyl (C=O) groups is 3. The molecular weight excluding hydrogens is 743 g/mol. The van der Waals surface area contributed by atoms with Crippen LogP contribution in [0.4, 0.5) is 5.69 Å². The number of nitrogens with zero attached hydrogens (tertiary/aromatic N) is 4. The number of aliphatic hydroxyl groups is 1. The molecule has 7 rings (SSSR count). The number of aromatic nitrogens is 2. The van der Waals surface area contributed by atoms with Gasteiger partial charge >= 0.3 is 0 Å². The number of likely N-dealkylation sites (tertiary alicyclic amines) is 1. The predicted octanol–water partition coefficient (Wildman–Crippen LogP) is 2.26. The zero-order valence-electron chi connectivity index (χ0n) is 31.4. The third-order valence-electron chi connectivity index (χ3n) is 10.7. The van der Waals surface area contributed by atoms with Gasteiger partial charge in [0.25, 0.3) is 11.5 Å². The minimum absolute atomic E-state index is 0.0959. The summed E-state index contributed by atoms with van der Waals surface area (Å²) in [6.07, 6.45) is 6.12. The molecule has 16 nitrogen and oxygen atoms in total. The molecule has 0 radical (unpaired) electrons. The van der Waals surface area contributed by atoms with Crippen LogP contribution < -0.4 is 30.4 Å². The second-order valence-electron chi connectivity index (χ2n) is 14.3. The maximum absolute atomic E-state index is 13.1. The summed E-state index contributed by atoms with van der Waals surface area (Å²) in [6, 6.07) is 9.74. The Morgan fingerprint density at radius 1 is 0.946 bits per heavy atom. The molecule has 0 spiro atoms. The topological polar surface area (TPSA) is 202 Å². The number of imide groups is 1. The van der Waals surface area contributed by atoms with Crippen molar-refractivity contribution in [1.82, 2.24) is 29.4 Å². The van der Waals surface area contributed by atoms with Crippen LogP contribution in [0.5, 0.6) is 11.5 Å². The Morgan fingerprint density at radius 2 is 1.68 bits per heavy atom. The minimum Gasteiger partial charge on any atom is -0.496 e. The predicted molar refractivity (Wildman–Crippen MR) is 208 cm³/mol. The van der Waals surface area contributed by atoms with Crippen LogP contribution in [0.15, 0.2) is 59.8 Å². The van der Waals surface area contributed by atoms with E-state index in [2.05, 4.69) is 20.3 Å². The maximum Gasteiger partial charge on any atom is 0.259 e.